The minimum absolute atomic E-state index is 0. The standard InChI is InChI=1S/C34H33ClFN3O7.Mg.2H/c1-44-29-19-24-26(20-30(29)45-16-5-3-2-4-9-31(40)41)37-15-12-27(24)46-28-11-10-23(18-25(28)36)39-33(43)34(13-14-34)32(42)38-22-8-6-7-21(35)17-22;;;/h6-8,10-12,15,17-20H,2-5,9,13-14,16H2,1H3,(H,38,42)(H,39,43)(H,40,41);;;/q;+2;2*-1. The van der Waals surface area contributed by atoms with E-state index >= 15 is 4.39 Å². The number of anilines is 2. The molecule has 1 saturated carbocycles. The zero-order valence-corrected chi connectivity index (χ0v) is 28.0. The largest absolute Gasteiger partial charge is 2.00 e. The van der Waals surface area contributed by atoms with Crippen LogP contribution in [0.15, 0.2) is 66.9 Å². The summed E-state index contributed by atoms with van der Waals surface area (Å²) in [5.41, 5.74) is -0.0321. The number of fused-ring (bicyclic) bond motifs is 1. The van der Waals surface area contributed by atoms with E-state index in [0.29, 0.717) is 64.7 Å². The number of nitrogens with one attached hydrogen (secondary N) is 2. The zero-order valence-electron chi connectivity index (χ0n) is 27.8. The predicted octanol–water partition coefficient (Wildman–Crippen LogP) is 7.44. The first-order valence-corrected chi connectivity index (χ1v) is 15.2. The van der Waals surface area contributed by atoms with Crippen molar-refractivity contribution in [2.24, 2.45) is 5.41 Å². The summed E-state index contributed by atoms with van der Waals surface area (Å²) in [4.78, 5) is 41.0. The molecule has 0 bridgehead atoms. The zero-order chi connectivity index (χ0) is 32.7. The molecule has 1 fully saturated rings. The Morgan fingerprint density at radius 1 is 0.915 bits per heavy atom. The molecule has 13 heteroatoms. The molecule has 4 aromatic rings. The van der Waals surface area contributed by atoms with E-state index < -0.39 is 29.0 Å². The molecule has 0 spiro atoms. The number of methoxy groups -OCH3 is 1. The molecule has 3 aromatic carbocycles. The van der Waals surface area contributed by atoms with Gasteiger partial charge in [0.05, 0.1) is 19.2 Å². The Labute approximate surface area is 295 Å². The maximum atomic E-state index is 15.2. The third-order valence-corrected chi connectivity index (χ3v) is 7.88. The summed E-state index contributed by atoms with van der Waals surface area (Å²) in [6.45, 7) is 0.424. The molecule has 0 saturated heterocycles. The normalized spacial score (nSPS) is 12.8. The van der Waals surface area contributed by atoms with Gasteiger partial charge in [-0.2, -0.15) is 0 Å². The topological polar surface area (TPSA) is 136 Å². The monoisotopic (exact) mass is 675 g/mol. The Kier molecular flexibility index (Phi) is 12.2. The number of halogens is 2. The molecule has 1 aliphatic carbocycles. The van der Waals surface area contributed by atoms with E-state index in [9.17, 15) is 14.4 Å². The molecule has 0 unspecified atom stereocenters. The van der Waals surface area contributed by atoms with E-state index in [0.717, 1.165) is 25.3 Å². The molecule has 0 radical (unpaired) electrons. The molecule has 0 atom stereocenters. The Bertz CT molecular complexity index is 1780. The van der Waals surface area contributed by atoms with Gasteiger partial charge < -0.3 is 32.8 Å². The van der Waals surface area contributed by atoms with Gasteiger partial charge in [-0.3, -0.25) is 19.4 Å². The number of hydrogen-bond donors (Lipinski definition) is 3. The van der Waals surface area contributed by atoms with Crippen LogP contribution in [0.4, 0.5) is 15.8 Å². The summed E-state index contributed by atoms with van der Waals surface area (Å²) in [6.07, 6.45) is 5.46. The van der Waals surface area contributed by atoms with Crippen LogP contribution in [-0.2, 0) is 14.4 Å². The fraction of sp³-hybridized carbons (Fsp3) is 0.294. The first-order chi connectivity index (χ1) is 22.2. The minimum Gasteiger partial charge on any atom is -1.00 e. The second kappa shape index (κ2) is 16.1. The average Bonchev–Trinajstić information content (AvgIpc) is 3.84. The van der Waals surface area contributed by atoms with E-state index in [1.807, 2.05) is 0 Å². The fourth-order valence-electron chi connectivity index (χ4n) is 4.93. The van der Waals surface area contributed by atoms with Crippen LogP contribution in [-0.4, -0.2) is 64.6 Å². The molecular weight excluding hydrogens is 641 g/mol. The van der Waals surface area contributed by atoms with E-state index in [2.05, 4.69) is 15.6 Å². The van der Waals surface area contributed by atoms with Crippen LogP contribution in [0.2, 0.25) is 5.02 Å². The van der Waals surface area contributed by atoms with Gasteiger partial charge in [0.2, 0.25) is 11.8 Å². The predicted molar refractivity (Wildman–Crippen MR) is 179 cm³/mol. The maximum absolute atomic E-state index is 15.2. The number of carboxylic acid groups (broad SMARTS) is 1. The average molecular weight is 676 g/mol. The van der Waals surface area contributed by atoms with E-state index in [1.165, 1.54) is 25.4 Å². The van der Waals surface area contributed by atoms with Crippen molar-refractivity contribution in [3.8, 4) is 23.0 Å². The number of benzene rings is 3. The number of aliphatic carboxylic acids is 1. The molecule has 1 heterocycles. The van der Waals surface area contributed by atoms with Gasteiger partial charge in [0, 0.05) is 46.5 Å². The molecule has 1 aliphatic rings. The van der Waals surface area contributed by atoms with Crippen LogP contribution in [0.25, 0.3) is 10.9 Å². The third kappa shape index (κ3) is 9.02. The Balaban J connectivity index is 0.00000278. The number of hydrogen-bond acceptors (Lipinski definition) is 7. The van der Waals surface area contributed by atoms with Crippen molar-refractivity contribution < 1.29 is 40.9 Å². The number of amides is 2. The van der Waals surface area contributed by atoms with Crippen LogP contribution in [0.1, 0.15) is 47.8 Å². The first-order valence-electron chi connectivity index (χ1n) is 14.9. The van der Waals surface area contributed by atoms with Gasteiger partial charge in [0.15, 0.2) is 23.1 Å². The van der Waals surface area contributed by atoms with Crippen molar-refractivity contribution in [2.45, 2.75) is 44.9 Å². The molecule has 47 heavy (non-hydrogen) atoms. The molecule has 244 valence electrons. The maximum Gasteiger partial charge on any atom is 2.00 e. The van der Waals surface area contributed by atoms with Gasteiger partial charge in [0.25, 0.3) is 0 Å². The first kappa shape index (κ1) is 35.7. The molecule has 0 aliphatic heterocycles. The van der Waals surface area contributed by atoms with Crippen molar-refractivity contribution in [1.82, 2.24) is 4.98 Å². The molecule has 5 rings (SSSR count). The number of carbonyl (C=O) groups excluding carboxylic acids is 2. The Morgan fingerprint density at radius 2 is 1.64 bits per heavy atom. The number of carbonyl (C=O) groups is 3. The third-order valence-electron chi connectivity index (χ3n) is 7.64. The van der Waals surface area contributed by atoms with Gasteiger partial charge in [-0.05, 0) is 68.1 Å². The van der Waals surface area contributed by atoms with Crippen LogP contribution >= 0.6 is 11.6 Å². The van der Waals surface area contributed by atoms with Crippen LogP contribution in [0, 0.1) is 11.2 Å². The van der Waals surface area contributed by atoms with Crippen LogP contribution in [0.5, 0.6) is 23.0 Å². The molecule has 1 aromatic heterocycles. The quantitative estimate of drug-likeness (QED) is 0.0672. The summed E-state index contributed by atoms with van der Waals surface area (Å²) in [7, 11) is 1.51. The summed E-state index contributed by atoms with van der Waals surface area (Å²) >= 11 is 5.99. The number of nitrogens with zero attached hydrogens (tertiary/aromatic N) is 1. The summed E-state index contributed by atoms with van der Waals surface area (Å²) in [6, 6.07) is 15.7. The number of carboxylic acids is 1. The van der Waals surface area contributed by atoms with Gasteiger partial charge in [-0.1, -0.05) is 30.5 Å². The van der Waals surface area contributed by atoms with Crippen LogP contribution < -0.4 is 24.8 Å². The van der Waals surface area contributed by atoms with Crippen molar-refractivity contribution >= 4 is 74.7 Å². The van der Waals surface area contributed by atoms with E-state index in [4.69, 9.17) is 30.9 Å². The van der Waals surface area contributed by atoms with Gasteiger partial charge >= 0.3 is 29.0 Å². The summed E-state index contributed by atoms with van der Waals surface area (Å²) in [5.74, 6) is -1.29. The van der Waals surface area contributed by atoms with Crippen LogP contribution in [0.3, 0.4) is 0 Å². The summed E-state index contributed by atoms with van der Waals surface area (Å²) in [5, 5.41) is 15.2. The Morgan fingerprint density at radius 3 is 2.30 bits per heavy atom. The van der Waals surface area contributed by atoms with Gasteiger partial charge in [0.1, 0.15) is 11.2 Å². The van der Waals surface area contributed by atoms with Gasteiger partial charge in [-0.25, -0.2) is 4.39 Å². The van der Waals surface area contributed by atoms with E-state index in [1.54, 1.807) is 42.5 Å². The van der Waals surface area contributed by atoms with Crippen molar-refractivity contribution in [3.63, 3.8) is 0 Å². The molecule has 10 nitrogen and oxygen atoms in total. The van der Waals surface area contributed by atoms with Gasteiger partial charge in [-0.15, -0.1) is 0 Å². The SMILES string of the molecule is COc1cc2c(Oc3ccc(NC(=O)C4(C(=O)Nc5cccc(Cl)c5)CC4)cc3F)ccnc2cc1OCCCCCCC(=O)O.[H-].[H-].[Mg+2]. The van der Waals surface area contributed by atoms with Crippen molar-refractivity contribution in [3.05, 3.63) is 77.7 Å². The molecule has 3 N–H and O–H groups in total. The van der Waals surface area contributed by atoms with E-state index in [-0.39, 0.29) is 43.8 Å². The minimum atomic E-state index is -1.24. The smallest absolute Gasteiger partial charge is 1.00 e. The second-order valence-electron chi connectivity index (χ2n) is 11.0. The number of ether oxygens (including phenoxy) is 3. The van der Waals surface area contributed by atoms with Crippen molar-refractivity contribution in [2.75, 3.05) is 24.4 Å². The number of unbranched alkanes of at least 4 members (excludes halogenated alkanes) is 3. The fourth-order valence-corrected chi connectivity index (χ4v) is 5.12. The second-order valence-corrected chi connectivity index (χ2v) is 11.4. The summed E-state index contributed by atoms with van der Waals surface area (Å²) < 4.78 is 32.6. The van der Waals surface area contributed by atoms with Crippen molar-refractivity contribution in [1.29, 1.82) is 0 Å². The number of rotatable bonds is 15. The number of aromatic nitrogens is 1. The Hall–Kier alpha value is -4.13. The number of pyridine rings is 1. The molecule has 2 amide bonds. The molecular formula is C34H35ClFMgN3O7.